The molecule has 3 rings (SSSR count). The molecular weight excluding hydrogens is 306 g/mol. The maximum absolute atomic E-state index is 12.7. The Morgan fingerprint density at radius 2 is 2.04 bits per heavy atom. The third-order valence-electron chi connectivity index (χ3n) is 4.48. The van der Waals surface area contributed by atoms with Crippen molar-refractivity contribution >= 4 is 23.4 Å². The van der Waals surface area contributed by atoms with E-state index >= 15 is 0 Å². The van der Waals surface area contributed by atoms with Crippen LogP contribution in [-0.2, 0) is 0 Å². The van der Waals surface area contributed by atoms with Crippen LogP contribution < -0.4 is 15.5 Å². The van der Waals surface area contributed by atoms with Crippen molar-refractivity contribution in [3.63, 3.8) is 0 Å². The lowest BCUT2D eigenvalue weighted by Gasteiger charge is -2.28. The summed E-state index contributed by atoms with van der Waals surface area (Å²) in [6.45, 7) is 2.69. The number of anilines is 3. The average Bonchev–Trinajstić information content (AvgIpc) is 3.19. The van der Waals surface area contributed by atoms with Crippen LogP contribution in [0.1, 0.15) is 13.0 Å². The molecule has 8 heteroatoms. The van der Waals surface area contributed by atoms with Crippen LogP contribution in [-0.4, -0.2) is 59.4 Å². The van der Waals surface area contributed by atoms with E-state index in [-0.39, 0.29) is 18.1 Å². The van der Waals surface area contributed by atoms with Crippen LogP contribution in [0.5, 0.6) is 0 Å². The van der Waals surface area contributed by atoms with Crippen LogP contribution in [0.4, 0.5) is 22.1 Å². The molecule has 0 radical (unpaired) electrons. The van der Waals surface area contributed by atoms with E-state index in [1.807, 2.05) is 44.0 Å². The van der Waals surface area contributed by atoms with Crippen molar-refractivity contribution in [3.05, 3.63) is 30.6 Å². The van der Waals surface area contributed by atoms with E-state index in [9.17, 15) is 4.79 Å². The number of hydrogen-bond acceptors (Lipinski definition) is 5. The predicted molar refractivity (Wildman–Crippen MR) is 94.6 cm³/mol. The number of carbonyl (C=O) groups is 1. The Hall–Kier alpha value is -2.77. The minimum Gasteiger partial charge on any atom is -0.387 e. The van der Waals surface area contributed by atoms with Gasteiger partial charge in [0, 0.05) is 33.8 Å². The van der Waals surface area contributed by atoms with E-state index in [1.54, 1.807) is 22.2 Å². The molecule has 8 nitrogen and oxygen atoms in total. The largest absolute Gasteiger partial charge is 0.387 e. The molecule has 0 bridgehead atoms. The molecule has 0 spiro atoms. The van der Waals surface area contributed by atoms with E-state index in [2.05, 4.69) is 27.6 Å². The first-order chi connectivity index (χ1) is 11.6. The van der Waals surface area contributed by atoms with Crippen LogP contribution in [0.2, 0.25) is 0 Å². The number of amides is 2. The molecule has 2 amide bonds. The number of likely N-dealkylation sites (N-methyl/N-ethyl adjacent to an activating group) is 1. The first-order valence-electron chi connectivity index (χ1n) is 7.96. The highest BCUT2D eigenvalue weighted by molar-refractivity contribution is 5.94. The van der Waals surface area contributed by atoms with Gasteiger partial charge in [0.25, 0.3) is 0 Å². The van der Waals surface area contributed by atoms with Gasteiger partial charge in [0.15, 0.2) is 0 Å². The van der Waals surface area contributed by atoms with Crippen molar-refractivity contribution in [1.82, 2.24) is 19.7 Å². The van der Waals surface area contributed by atoms with Crippen molar-refractivity contribution in [1.29, 1.82) is 0 Å². The minimum atomic E-state index is -0.0533. The highest BCUT2D eigenvalue weighted by atomic mass is 16.2. The van der Waals surface area contributed by atoms with E-state index < -0.39 is 0 Å². The molecule has 24 heavy (non-hydrogen) atoms. The molecule has 1 fully saturated rings. The zero-order valence-electron chi connectivity index (χ0n) is 14.4. The summed E-state index contributed by atoms with van der Waals surface area (Å²) in [7, 11) is 5.52. The van der Waals surface area contributed by atoms with Crippen LogP contribution in [0.25, 0.3) is 0 Å². The summed E-state index contributed by atoms with van der Waals surface area (Å²) in [5.41, 5.74) is 0.910. The fourth-order valence-electron chi connectivity index (χ4n) is 3.08. The van der Waals surface area contributed by atoms with Crippen LogP contribution in [0, 0.1) is 0 Å². The number of nitrogens with one attached hydrogen (secondary N) is 2. The first-order valence-corrected chi connectivity index (χ1v) is 7.96. The fourth-order valence-corrected chi connectivity index (χ4v) is 3.08. The van der Waals surface area contributed by atoms with Crippen molar-refractivity contribution in [3.8, 4) is 0 Å². The zero-order chi connectivity index (χ0) is 17.3. The van der Waals surface area contributed by atoms with E-state index in [4.69, 9.17) is 0 Å². The normalized spacial score (nSPS) is 18.8. The van der Waals surface area contributed by atoms with E-state index in [1.165, 1.54) is 0 Å². The monoisotopic (exact) mass is 329 g/mol. The Labute approximate surface area is 141 Å². The molecule has 0 saturated carbocycles. The molecule has 2 atom stereocenters. The summed E-state index contributed by atoms with van der Waals surface area (Å²) in [4.78, 5) is 20.6. The van der Waals surface area contributed by atoms with Gasteiger partial charge in [0.05, 0.1) is 30.2 Å². The minimum absolute atomic E-state index is 0.00197. The summed E-state index contributed by atoms with van der Waals surface area (Å²) in [5, 5.41) is 10.6. The summed E-state index contributed by atoms with van der Waals surface area (Å²) < 4.78 is 1.91. The van der Waals surface area contributed by atoms with Gasteiger partial charge in [-0.05, 0) is 19.1 Å². The first kappa shape index (κ1) is 16.1. The number of aromatic nitrogens is 3. The lowest BCUT2D eigenvalue weighted by Crippen LogP contribution is -2.40. The Morgan fingerprint density at radius 3 is 2.67 bits per heavy atom. The van der Waals surface area contributed by atoms with Gasteiger partial charge in [-0.2, -0.15) is 5.10 Å². The lowest BCUT2D eigenvalue weighted by atomic mass is 10.1. The average molecular weight is 329 g/mol. The smallest absolute Gasteiger partial charge is 0.325 e. The maximum atomic E-state index is 12.7. The molecule has 1 aliphatic rings. The number of urea groups is 1. The molecule has 3 heterocycles. The van der Waals surface area contributed by atoms with Crippen LogP contribution in [0.15, 0.2) is 30.6 Å². The van der Waals surface area contributed by atoms with E-state index in [0.29, 0.717) is 12.4 Å². The van der Waals surface area contributed by atoms with Gasteiger partial charge >= 0.3 is 6.03 Å². The second-order valence-corrected chi connectivity index (χ2v) is 5.91. The molecule has 128 valence electrons. The topological polar surface area (TPSA) is 78.3 Å². The lowest BCUT2D eigenvalue weighted by molar-refractivity contribution is 0.229. The summed E-state index contributed by atoms with van der Waals surface area (Å²) >= 11 is 0. The SMILES string of the molecule is CNc1ccc(N2C(=O)N(C)CC2C(C)n2nccc2NC)nc1. The molecule has 1 saturated heterocycles. The summed E-state index contributed by atoms with van der Waals surface area (Å²) in [6.07, 6.45) is 3.49. The second kappa shape index (κ2) is 6.38. The predicted octanol–water partition coefficient (Wildman–Crippen LogP) is 1.86. The van der Waals surface area contributed by atoms with Gasteiger partial charge < -0.3 is 15.5 Å². The van der Waals surface area contributed by atoms with Crippen molar-refractivity contribution in [2.24, 2.45) is 0 Å². The molecule has 2 aromatic heterocycles. The number of carbonyl (C=O) groups excluding carboxylic acids is 1. The van der Waals surface area contributed by atoms with Crippen molar-refractivity contribution in [2.45, 2.75) is 19.0 Å². The molecule has 0 aliphatic carbocycles. The van der Waals surface area contributed by atoms with Crippen LogP contribution >= 0.6 is 0 Å². The van der Waals surface area contributed by atoms with Gasteiger partial charge in [-0.15, -0.1) is 0 Å². The maximum Gasteiger partial charge on any atom is 0.325 e. The molecule has 2 aromatic rings. The molecular formula is C16H23N7O. The van der Waals surface area contributed by atoms with Gasteiger partial charge in [-0.1, -0.05) is 0 Å². The standard InChI is InChI=1S/C16H23N7O/c1-11(23-14(18-3)7-8-20-23)13-10-21(4)16(24)22(13)15-6-5-12(17-2)9-19-15/h5-9,11,13,17-18H,10H2,1-4H3. The van der Waals surface area contributed by atoms with Crippen molar-refractivity contribution in [2.75, 3.05) is 43.2 Å². The Bertz CT molecular complexity index is 711. The van der Waals surface area contributed by atoms with Gasteiger partial charge in [-0.25, -0.2) is 14.5 Å². The number of pyridine rings is 1. The van der Waals surface area contributed by atoms with Gasteiger partial charge in [-0.3, -0.25) is 4.90 Å². The van der Waals surface area contributed by atoms with Gasteiger partial charge in [0.1, 0.15) is 11.6 Å². The fraction of sp³-hybridized carbons (Fsp3) is 0.438. The summed E-state index contributed by atoms with van der Waals surface area (Å²) in [5.74, 6) is 1.57. The highest BCUT2D eigenvalue weighted by Crippen LogP contribution is 2.30. The van der Waals surface area contributed by atoms with Crippen molar-refractivity contribution < 1.29 is 4.79 Å². The Morgan fingerprint density at radius 1 is 1.25 bits per heavy atom. The number of hydrogen-bond donors (Lipinski definition) is 2. The number of nitrogens with zero attached hydrogens (tertiary/aromatic N) is 5. The third kappa shape index (κ3) is 2.64. The quantitative estimate of drug-likeness (QED) is 0.875. The highest BCUT2D eigenvalue weighted by Gasteiger charge is 2.41. The molecule has 2 unspecified atom stereocenters. The number of rotatable bonds is 5. The molecule has 1 aliphatic heterocycles. The molecule has 2 N–H and O–H groups in total. The Kier molecular flexibility index (Phi) is 4.28. The summed E-state index contributed by atoms with van der Waals surface area (Å²) in [6, 6.07) is 5.61. The zero-order valence-corrected chi connectivity index (χ0v) is 14.4. The molecule has 0 aromatic carbocycles. The van der Waals surface area contributed by atoms with Gasteiger partial charge in [0.2, 0.25) is 0 Å². The Balaban J connectivity index is 1.94. The second-order valence-electron chi connectivity index (χ2n) is 5.91. The third-order valence-corrected chi connectivity index (χ3v) is 4.48. The van der Waals surface area contributed by atoms with E-state index in [0.717, 1.165) is 11.5 Å². The van der Waals surface area contributed by atoms with Crippen LogP contribution in [0.3, 0.4) is 0 Å².